The normalized spacial score (nSPS) is 14.5. The number of hydrogen-bond donors (Lipinski definition) is 2. The van der Waals surface area contributed by atoms with Crippen molar-refractivity contribution in [3.05, 3.63) is 33.4 Å². The molecule has 0 fully saturated rings. The molecular weight excluding hydrogens is 338 g/mol. The number of rotatable bonds is 2. The van der Waals surface area contributed by atoms with E-state index in [2.05, 4.69) is 21.1 Å². The van der Waals surface area contributed by atoms with Crippen molar-refractivity contribution in [2.24, 2.45) is 0 Å². The molecule has 0 radical (unpaired) electrons. The molecule has 1 aliphatic carbocycles. The van der Waals surface area contributed by atoms with Crippen LogP contribution in [-0.2, 0) is 12.8 Å². The van der Waals surface area contributed by atoms with Gasteiger partial charge >= 0.3 is 5.97 Å². The lowest BCUT2D eigenvalue weighted by Gasteiger charge is -2.13. The predicted octanol–water partition coefficient (Wildman–Crippen LogP) is 3.78. The molecule has 3 rings (SSSR count). The van der Waals surface area contributed by atoms with E-state index in [1.165, 1.54) is 18.1 Å². The Hall–Kier alpha value is -1.82. The van der Waals surface area contributed by atoms with Gasteiger partial charge in [0.1, 0.15) is 5.75 Å². The summed E-state index contributed by atoms with van der Waals surface area (Å²) in [5, 5.41) is 22.8. The van der Waals surface area contributed by atoms with E-state index in [4.69, 9.17) is 9.63 Å². The lowest BCUT2D eigenvalue weighted by Crippen LogP contribution is -1.95. The minimum Gasteiger partial charge on any atom is -0.506 e. The number of benzene rings is 1. The molecule has 21 heavy (non-hydrogen) atoms. The Bertz CT molecular complexity index is 708. The highest BCUT2D eigenvalue weighted by molar-refractivity contribution is 9.10. The van der Waals surface area contributed by atoms with E-state index in [0.717, 1.165) is 31.2 Å². The Balaban J connectivity index is 2.12. The summed E-state index contributed by atoms with van der Waals surface area (Å²) in [7, 11) is 0. The fourth-order valence-corrected chi connectivity index (χ4v) is 3.38. The van der Waals surface area contributed by atoms with Crippen molar-refractivity contribution in [1.29, 1.82) is 0 Å². The van der Waals surface area contributed by atoms with Crippen LogP contribution in [0.4, 0.5) is 0 Å². The summed E-state index contributed by atoms with van der Waals surface area (Å²) in [6.45, 7) is 0. The molecule has 1 aromatic heterocycles. The van der Waals surface area contributed by atoms with Crippen LogP contribution in [-0.4, -0.2) is 21.3 Å². The molecule has 0 bridgehead atoms. The van der Waals surface area contributed by atoms with E-state index in [9.17, 15) is 9.90 Å². The average molecular weight is 352 g/mol. The van der Waals surface area contributed by atoms with E-state index in [-0.39, 0.29) is 17.2 Å². The first kappa shape index (κ1) is 14.1. The Morgan fingerprint density at radius 2 is 2.00 bits per heavy atom. The van der Waals surface area contributed by atoms with Gasteiger partial charge in [0, 0.05) is 6.07 Å². The molecule has 5 nitrogen and oxygen atoms in total. The van der Waals surface area contributed by atoms with Crippen LogP contribution in [0, 0.1) is 0 Å². The van der Waals surface area contributed by atoms with Gasteiger partial charge in [-0.25, -0.2) is 4.79 Å². The second-order valence-electron chi connectivity index (χ2n) is 5.17. The summed E-state index contributed by atoms with van der Waals surface area (Å²) in [5.41, 5.74) is 2.60. The van der Waals surface area contributed by atoms with Crippen LogP contribution in [0.15, 0.2) is 21.1 Å². The number of aromatic carboxylic acids is 1. The van der Waals surface area contributed by atoms with Crippen molar-refractivity contribution >= 4 is 21.9 Å². The second kappa shape index (κ2) is 5.52. The monoisotopic (exact) mass is 351 g/mol. The van der Waals surface area contributed by atoms with Crippen molar-refractivity contribution < 1.29 is 19.5 Å². The van der Waals surface area contributed by atoms with Crippen LogP contribution in [0.1, 0.15) is 40.9 Å². The van der Waals surface area contributed by atoms with Crippen LogP contribution in [0.5, 0.6) is 5.75 Å². The number of carbonyl (C=O) groups is 1. The van der Waals surface area contributed by atoms with Gasteiger partial charge in [0.15, 0.2) is 11.5 Å². The van der Waals surface area contributed by atoms with Crippen molar-refractivity contribution in [2.45, 2.75) is 32.1 Å². The summed E-state index contributed by atoms with van der Waals surface area (Å²) in [6, 6.07) is 3.21. The fraction of sp³-hybridized carbons (Fsp3) is 0.333. The van der Waals surface area contributed by atoms with Crippen LogP contribution in [0.3, 0.4) is 0 Å². The summed E-state index contributed by atoms with van der Waals surface area (Å²) in [6.07, 6.45) is 5.26. The molecule has 0 saturated heterocycles. The van der Waals surface area contributed by atoms with Gasteiger partial charge in [-0.1, -0.05) is 11.6 Å². The first-order valence-electron chi connectivity index (χ1n) is 6.81. The number of carboxylic acids is 1. The number of nitrogens with zero attached hydrogens (tertiary/aromatic N) is 1. The Morgan fingerprint density at radius 1 is 1.24 bits per heavy atom. The lowest BCUT2D eigenvalue weighted by atomic mass is 9.98. The molecule has 2 aromatic rings. The summed E-state index contributed by atoms with van der Waals surface area (Å²) in [5.74, 6) is -0.820. The van der Waals surface area contributed by atoms with Crippen molar-refractivity contribution in [3.63, 3.8) is 0 Å². The summed E-state index contributed by atoms with van der Waals surface area (Å²) in [4.78, 5) is 10.9. The third kappa shape index (κ3) is 2.55. The number of carboxylic acid groups (broad SMARTS) is 1. The van der Waals surface area contributed by atoms with E-state index in [1.54, 1.807) is 0 Å². The highest BCUT2D eigenvalue weighted by atomic mass is 79.9. The number of aryl methyl sites for hydroxylation is 1. The maximum atomic E-state index is 10.9. The molecule has 1 aliphatic rings. The molecule has 0 unspecified atom stereocenters. The molecule has 1 heterocycles. The Morgan fingerprint density at radius 3 is 2.71 bits per heavy atom. The molecule has 0 saturated carbocycles. The number of halogens is 1. The van der Waals surface area contributed by atoms with Crippen LogP contribution in [0.2, 0.25) is 0 Å². The van der Waals surface area contributed by atoms with E-state index >= 15 is 0 Å². The van der Waals surface area contributed by atoms with Crippen LogP contribution < -0.4 is 0 Å². The fourth-order valence-electron chi connectivity index (χ4n) is 2.71. The second-order valence-corrected chi connectivity index (χ2v) is 5.96. The zero-order chi connectivity index (χ0) is 15.0. The molecule has 0 aliphatic heterocycles. The standard InChI is InChI=1S/C15H14BrNO4/c16-13-9-5-3-1-2-4-8(9)6-10(14(13)18)12-7-11(15(19)20)17-21-12/h6-7,18H,1-5H2,(H,19,20). The smallest absolute Gasteiger partial charge is 0.358 e. The largest absolute Gasteiger partial charge is 0.506 e. The quantitative estimate of drug-likeness (QED) is 0.804. The molecule has 1 aromatic carbocycles. The third-order valence-electron chi connectivity index (χ3n) is 3.80. The molecule has 0 amide bonds. The maximum Gasteiger partial charge on any atom is 0.358 e. The topological polar surface area (TPSA) is 83.6 Å². The van der Waals surface area contributed by atoms with Crippen LogP contribution in [0.25, 0.3) is 11.3 Å². The average Bonchev–Trinajstić information content (AvgIpc) is 2.83. The third-order valence-corrected chi connectivity index (χ3v) is 4.66. The highest BCUT2D eigenvalue weighted by Gasteiger charge is 2.21. The van der Waals surface area contributed by atoms with Gasteiger partial charge in [0.25, 0.3) is 0 Å². The number of phenols is 1. The van der Waals surface area contributed by atoms with Gasteiger partial charge in [-0.15, -0.1) is 0 Å². The van der Waals surface area contributed by atoms with Gasteiger partial charge in [-0.2, -0.15) is 0 Å². The minimum absolute atomic E-state index is 0.0729. The number of aromatic hydroxyl groups is 1. The van der Waals surface area contributed by atoms with Gasteiger partial charge in [-0.05, 0) is 58.8 Å². The first-order chi connectivity index (χ1) is 10.1. The molecule has 2 N–H and O–H groups in total. The zero-order valence-corrected chi connectivity index (χ0v) is 12.8. The molecule has 0 spiro atoms. The summed E-state index contributed by atoms with van der Waals surface area (Å²) >= 11 is 3.46. The van der Waals surface area contributed by atoms with Crippen molar-refractivity contribution in [1.82, 2.24) is 5.16 Å². The minimum atomic E-state index is -1.15. The lowest BCUT2D eigenvalue weighted by molar-refractivity contribution is 0.0686. The predicted molar refractivity (Wildman–Crippen MR) is 79.5 cm³/mol. The zero-order valence-electron chi connectivity index (χ0n) is 11.2. The van der Waals surface area contributed by atoms with Gasteiger partial charge < -0.3 is 14.7 Å². The van der Waals surface area contributed by atoms with Crippen LogP contribution >= 0.6 is 15.9 Å². The highest BCUT2D eigenvalue weighted by Crippen LogP contribution is 2.41. The van der Waals surface area contributed by atoms with Crippen molar-refractivity contribution in [3.8, 4) is 17.1 Å². The van der Waals surface area contributed by atoms with Crippen molar-refractivity contribution in [2.75, 3.05) is 0 Å². The number of hydrogen-bond acceptors (Lipinski definition) is 4. The Labute approximate surface area is 129 Å². The van der Waals surface area contributed by atoms with E-state index in [0.29, 0.717) is 10.0 Å². The molecule has 0 atom stereocenters. The van der Waals surface area contributed by atoms with Gasteiger partial charge in [0.2, 0.25) is 0 Å². The van der Waals surface area contributed by atoms with E-state index < -0.39 is 5.97 Å². The molecule has 110 valence electrons. The Kier molecular flexibility index (Phi) is 3.71. The summed E-state index contributed by atoms with van der Waals surface area (Å²) < 4.78 is 5.73. The number of fused-ring (bicyclic) bond motifs is 1. The number of aromatic nitrogens is 1. The first-order valence-corrected chi connectivity index (χ1v) is 7.61. The SMILES string of the molecule is O=C(O)c1cc(-c2cc3c(c(Br)c2O)CCCCC3)on1. The van der Waals surface area contributed by atoms with Gasteiger partial charge in [-0.3, -0.25) is 0 Å². The molecule has 6 heteroatoms. The van der Waals surface area contributed by atoms with E-state index in [1.807, 2.05) is 6.07 Å². The number of phenolic OH excluding ortho intramolecular Hbond substituents is 1. The maximum absolute atomic E-state index is 10.9. The van der Waals surface area contributed by atoms with Gasteiger partial charge in [0.05, 0.1) is 10.0 Å². The molecular formula is C15H14BrNO4.